The van der Waals surface area contributed by atoms with Gasteiger partial charge in [0.05, 0.1) is 16.8 Å². The summed E-state index contributed by atoms with van der Waals surface area (Å²) in [6, 6.07) is 13.7. The number of aryl methyl sites for hydroxylation is 1. The Bertz CT molecular complexity index is 900. The van der Waals surface area contributed by atoms with Crippen molar-refractivity contribution in [3.05, 3.63) is 48.0 Å². The molecule has 0 aliphatic carbocycles. The molecule has 0 aliphatic heterocycles. The first-order chi connectivity index (χ1) is 11.5. The van der Waals surface area contributed by atoms with Crippen LogP contribution in [0.4, 0.5) is 5.69 Å². The van der Waals surface area contributed by atoms with E-state index in [0.717, 1.165) is 20.8 Å². The molecule has 0 atom stereocenters. The molecule has 2 aromatic carbocycles. The second kappa shape index (κ2) is 6.80. The zero-order chi connectivity index (χ0) is 17.1. The molecule has 2 N–H and O–H groups in total. The number of aromatic nitrogens is 1. The van der Waals surface area contributed by atoms with Crippen LogP contribution in [0.5, 0.6) is 0 Å². The lowest BCUT2D eigenvalue weighted by Gasteiger charge is -2.06. The molecule has 0 spiro atoms. The smallest absolute Gasteiger partial charge is 0.243 e. The van der Waals surface area contributed by atoms with Crippen LogP contribution in [0, 0.1) is 6.92 Å². The highest BCUT2D eigenvalue weighted by molar-refractivity contribution is 7.21. The largest absolute Gasteiger partial charge is 0.347 e. The lowest BCUT2D eigenvalue weighted by atomic mass is 10.2. The molecule has 0 aliphatic rings. The predicted molar refractivity (Wildman–Crippen MR) is 97.1 cm³/mol. The monoisotopic (exact) mass is 339 g/mol. The van der Waals surface area contributed by atoms with Gasteiger partial charge >= 0.3 is 0 Å². The fourth-order valence-electron chi connectivity index (χ4n) is 2.26. The number of nitrogens with zero attached hydrogens (tertiary/aromatic N) is 1. The van der Waals surface area contributed by atoms with Crippen molar-refractivity contribution in [2.75, 3.05) is 11.9 Å². The molecule has 1 heterocycles. The Kier molecular flexibility index (Phi) is 4.57. The van der Waals surface area contributed by atoms with E-state index in [9.17, 15) is 9.59 Å². The summed E-state index contributed by atoms with van der Waals surface area (Å²) in [5.74, 6) is -0.486. The van der Waals surface area contributed by atoms with Gasteiger partial charge in [-0.05, 0) is 48.9 Å². The number of amides is 2. The van der Waals surface area contributed by atoms with Crippen molar-refractivity contribution in [3.8, 4) is 10.6 Å². The van der Waals surface area contributed by atoms with Crippen molar-refractivity contribution in [1.29, 1.82) is 0 Å². The standard InChI is InChI=1S/C18H17N3O2S/c1-11-3-8-15-16(9-11)24-18(21-15)13-4-6-14(7-5-13)20-17(23)10-19-12(2)22/h3-9H,10H2,1-2H3,(H,19,22)(H,20,23). The molecule has 5 nitrogen and oxygen atoms in total. The van der Waals surface area contributed by atoms with Gasteiger partial charge in [-0.15, -0.1) is 11.3 Å². The second-order valence-electron chi connectivity index (χ2n) is 5.53. The average molecular weight is 339 g/mol. The molecular formula is C18H17N3O2S. The van der Waals surface area contributed by atoms with E-state index in [2.05, 4.69) is 34.7 Å². The van der Waals surface area contributed by atoms with E-state index in [0.29, 0.717) is 5.69 Å². The molecule has 122 valence electrons. The lowest BCUT2D eigenvalue weighted by molar-refractivity contribution is -0.122. The molecule has 3 aromatic rings. The van der Waals surface area contributed by atoms with Crippen molar-refractivity contribution in [2.24, 2.45) is 0 Å². The zero-order valence-corrected chi connectivity index (χ0v) is 14.2. The van der Waals surface area contributed by atoms with Gasteiger partial charge in [0, 0.05) is 18.2 Å². The molecule has 24 heavy (non-hydrogen) atoms. The first kappa shape index (κ1) is 16.1. The quantitative estimate of drug-likeness (QED) is 0.766. The van der Waals surface area contributed by atoms with E-state index in [1.54, 1.807) is 11.3 Å². The lowest BCUT2D eigenvalue weighted by Crippen LogP contribution is -2.31. The van der Waals surface area contributed by atoms with E-state index in [1.807, 2.05) is 30.3 Å². The molecule has 6 heteroatoms. The molecule has 3 rings (SSSR count). The van der Waals surface area contributed by atoms with E-state index in [4.69, 9.17) is 0 Å². The highest BCUT2D eigenvalue weighted by Crippen LogP contribution is 2.31. The minimum Gasteiger partial charge on any atom is -0.347 e. The van der Waals surface area contributed by atoms with Gasteiger partial charge in [0.2, 0.25) is 11.8 Å². The Balaban J connectivity index is 1.73. The summed E-state index contributed by atoms with van der Waals surface area (Å²) in [5.41, 5.74) is 3.91. The van der Waals surface area contributed by atoms with Crippen molar-refractivity contribution >= 4 is 39.1 Å². The SMILES string of the molecule is CC(=O)NCC(=O)Nc1ccc(-c2nc3ccc(C)cc3s2)cc1. The average Bonchev–Trinajstić information content (AvgIpc) is 2.96. The van der Waals surface area contributed by atoms with Crippen LogP contribution in [-0.4, -0.2) is 23.3 Å². The third-order valence-corrected chi connectivity index (χ3v) is 4.52. The summed E-state index contributed by atoms with van der Waals surface area (Å²) in [6.07, 6.45) is 0. The molecule has 0 unspecified atom stereocenters. The van der Waals surface area contributed by atoms with Crippen molar-refractivity contribution < 1.29 is 9.59 Å². The molecule has 1 aromatic heterocycles. The van der Waals surface area contributed by atoms with Crippen molar-refractivity contribution in [1.82, 2.24) is 10.3 Å². The van der Waals surface area contributed by atoms with Gasteiger partial charge in [0.1, 0.15) is 5.01 Å². The van der Waals surface area contributed by atoms with Crippen LogP contribution in [0.25, 0.3) is 20.8 Å². The maximum atomic E-state index is 11.7. The molecule has 0 bridgehead atoms. The number of carbonyl (C=O) groups excluding carboxylic acids is 2. The van der Waals surface area contributed by atoms with Crippen LogP contribution < -0.4 is 10.6 Å². The summed E-state index contributed by atoms with van der Waals surface area (Å²) in [5, 5.41) is 6.15. The third kappa shape index (κ3) is 3.78. The fraction of sp³-hybridized carbons (Fsp3) is 0.167. The topological polar surface area (TPSA) is 71.1 Å². The highest BCUT2D eigenvalue weighted by Gasteiger charge is 2.07. The maximum Gasteiger partial charge on any atom is 0.243 e. The number of hydrogen-bond acceptors (Lipinski definition) is 4. The molecule has 0 saturated carbocycles. The van der Waals surface area contributed by atoms with Gasteiger partial charge in [0.15, 0.2) is 0 Å². The molecule has 0 radical (unpaired) electrons. The van der Waals surface area contributed by atoms with Gasteiger partial charge in [-0.1, -0.05) is 6.07 Å². The summed E-state index contributed by atoms with van der Waals surface area (Å²) in [4.78, 5) is 27.1. The first-order valence-electron chi connectivity index (χ1n) is 7.53. The molecular weight excluding hydrogens is 322 g/mol. The van der Waals surface area contributed by atoms with Crippen LogP contribution in [0.2, 0.25) is 0 Å². The van der Waals surface area contributed by atoms with Crippen LogP contribution >= 0.6 is 11.3 Å². The highest BCUT2D eigenvalue weighted by atomic mass is 32.1. The summed E-state index contributed by atoms with van der Waals surface area (Å²) >= 11 is 1.65. The Morgan fingerprint density at radius 3 is 2.58 bits per heavy atom. The summed E-state index contributed by atoms with van der Waals surface area (Å²) < 4.78 is 1.16. The van der Waals surface area contributed by atoms with Gasteiger partial charge in [-0.2, -0.15) is 0 Å². The first-order valence-corrected chi connectivity index (χ1v) is 8.35. The van der Waals surface area contributed by atoms with Gasteiger partial charge in [-0.25, -0.2) is 4.98 Å². The second-order valence-corrected chi connectivity index (χ2v) is 6.56. The van der Waals surface area contributed by atoms with Crippen molar-refractivity contribution in [2.45, 2.75) is 13.8 Å². The van der Waals surface area contributed by atoms with E-state index < -0.39 is 0 Å². The van der Waals surface area contributed by atoms with Gasteiger partial charge in [0.25, 0.3) is 0 Å². The van der Waals surface area contributed by atoms with Gasteiger partial charge < -0.3 is 10.6 Å². The van der Waals surface area contributed by atoms with Crippen LogP contribution in [0.3, 0.4) is 0 Å². The van der Waals surface area contributed by atoms with E-state index >= 15 is 0 Å². The normalized spacial score (nSPS) is 10.6. The van der Waals surface area contributed by atoms with Crippen molar-refractivity contribution in [3.63, 3.8) is 0 Å². The number of nitrogens with one attached hydrogen (secondary N) is 2. The number of hydrogen-bond donors (Lipinski definition) is 2. The number of fused-ring (bicyclic) bond motifs is 1. The Morgan fingerprint density at radius 2 is 1.88 bits per heavy atom. The Morgan fingerprint density at radius 1 is 1.12 bits per heavy atom. The number of thiazole rings is 1. The summed E-state index contributed by atoms with van der Waals surface area (Å²) in [6.45, 7) is 3.41. The third-order valence-electron chi connectivity index (χ3n) is 3.46. The number of anilines is 1. The molecule has 0 saturated heterocycles. The molecule has 2 amide bonds. The van der Waals surface area contributed by atoms with E-state index in [1.165, 1.54) is 12.5 Å². The number of rotatable bonds is 4. The fourth-order valence-corrected chi connectivity index (χ4v) is 3.33. The predicted octanol–water partition coefficient (Wildman–Crippen LogP) is 3.35. The minimum atomic E-state index is -0.256. The maximum absolute atomic E-state index is 11.7. The number of benzene rings is 2. The van der Waals surface area contributed by atoms with E-state index in [-0.39, 0.29) is 18.4 Å². The van der Waals surface area contributed by atoms with Gasteiger partial charge in [-0.3, -0.25) is 9.59 Å². The van der Waals surface area contributed by atoms with Crippen LogP contribution in [0.1, 0.15) is 12.5 Å². The Hall–Kier alpha value is -2.73. The van der Waals surface area contributed by atoms with Crippen LogP contribution in [0.15, 0.2) is 42.5 Å². The Labute approximate surface area is 143 Å². The minimum absolute atomic E-state index is 0.0334. The zero-order valence-electron chi connectivity index (χ0n) is 13.4. The molecule has 0 fully saturated rings. The summed E-state index contributed by atoms with van der Waals surface area (Å²) in [7, 11) is 0. The number of carbonyl (C=O) groups is 2. The van der Waals surface area contributed by atoms with Crippen LogP contribution in [-0.2, 0) is 9.59 Å².